The van der Waals surface area contributed by atoms with E-state index in [4.69, 9.17) is 9.47 Å². The Hall–Kier alpha value is -2.64. The Balaban J connectivity index is 1.58. The molecule has 29 heavy (non-hydrogen) atoms. The van der Waals surface area contributed by atoms with E-state index < -0.39 is 5.60 Å². The van der Waals surface area contributed by atoms with Crippen molar-refractivity contribution in [3.8, 4) is 10.7 Å². The normalized spacial score (nSPS) is 11.6. The minimum absolute atomic E-state index is 0.222. The Bertz CT molecular complexity index is 1060. The van der Waals surface area contributed by atoms with Gasteiger partial charge in [0.25, 0.3) is 5.56 Å². The third-order valence-electron chi connectivity index (χ3n) is 3.93. The third kappa shape index (κ3) is 6.17. The van der Waals surface area contributed by atoms with Gasteiger partial charge < -0.3 is 9.47 Å². The first-order chi connectivity index (χ1) is 13.8. The van der Waals surface area contributed by atoms with Gasteiger partial charge in [-0.1, -0.05) is 18.2 Å². The number of esters is 1. The van der Waals surface area contributed by atoms with Gasteiger partial charge in [-0.05, 0) is 45.0 Å². The summed E-state index contributed by atoms with van der Waals surface area (Å²) in [6, 6.07) is 13.1. The number of ether oxygens (including phenoxy) is 2. The van der Waals surface area contributed by atoms with Crippen molar-refractivity contribution in [1.82, 2.24) is 9.97 Å². The van der Waals surface area contributed by atoms with Crippen molar-refractivity contribution in [2.45, 2.75) is 39.2 Å². The molecule has 0 N–H and O–H groups in total. The number of rotatable bonds is 7. The Kier molecular flexibility index (Phi) is 6.71. The number of hydrogen-bond donors (Lipinski definition) is 0. The molecule has 0 saturated carbocycles. The zero-order chi connectivity index (χ0) is 20.9. The summed E-state index contributed by atoms with van der Waals surface area (Å²) < 4.78 is 11.7. The average Bonchev–Trinajstić information content (AvgIpc) is 2.66. The summed E-state index contributed by atoms with van der Waals surface area (Å²) in [6.07, 6.45) is 0.824. The molecule has 3 aromatic rings. The lowest BCUT2D eigenvalue weighted by Gasteiger charge is -2.19. The molecule has 6 nitrogen and oxygen atoms in total. The maximum absolute atomic E-state index is 12.3. The molecule has 0 bridgehead atoms. The fourth-order valence-electron chi connectivity index (χ4n) is 2.69. The number of carbonyl (C=O) groups excluding carboxylic acids is 1. The Morgan fingerprint density at radius 1 is 1.03 bits per heavy atom. The minimum atomic E-state index is -0.483. The van der Waals surface area contributed by atoms with E-state index in [1.165, 1.54) is 11.3 Å². The minimum Gasteiger partial charge on any atom is -0.460 e. The van der Waals surface area contributed by atoms with E-state index in [0.717, 1.165) is 10.4 Å². The fraction of sp³-hybridized carbons (Fsp3) is 0.364. The molecular weight excluding hydrogens is 388 g/mol. The fourth-order valence-corrected chi connectivity index (χ4v) is 3.65. The number of fused-ring (bicyclic) bond motifs is 1. The Morgan fingerprint density at radius 2 is 1.83 bits per heavy atom. The highest BCUT2D eigenvalue weighted by Gasteiger charge is 2.15. The molecule has 1 aromatic carbocycles. The first kappa shape index (κ1) is 21.1. The van der Waals surface area contributed by atoms with Gasteiger partial charge in [-0.2, -0.15) is 4.98 Å². The van der Waals surface area contributed by atoms with Gasteiger partial charge in [-0.3, -0.25) is 14.6 Å². The molecule has 0 aliphatic carbocycles. The van der Waals surface area contributed by atoms with Gasteiger partial charge >= 0.3 is 5.97 Å². The maximum atomic E-state index is 12.3. The Morgan fingerprint density at radius 3 is 2.62 bits per heavy atom. The molecule has 3 rings (SSSR count). The molecule has 0 fully saturated rings. The maximum Gasteiger partial charge on any atom is 0.308 e. The van der Waals surface area contributed by atoms with Gasteiger partial charge in [-0.15, -0.1) is 11.3 Å². The molecular formula is C22H24N2O4S. The van der Waals surface area contributed by atoms with Crippen LogP contribution in [0.3, 0.4) is 0 Å². The zero-order valence-corrected chi connectivity index (χ0v) is 17.6. The highest BCUT2D eigenvalue weighted by molar-refractivity contribution is 7.21. The van der Waals surface area contributed by atoms with Crippen LogP contribution in [0, 0.1) is 0 Å². The predicted molar refractivity (Wildman–Crippen MR) is 114 cm³/mol. The highest BCUT2D eigenvalue weighted by atomic mass is 32.1. The van der Waals surface area contributed by atoms with Crippen LogP contribution < -0.4 is 5.56 Å². The van der Waals surface area contributed by atoms with Crippen LogP contribution in [0.25, 0.3) is 20.8 Å². The molecule has 0 spiro atoms. The number of benzene rings is 1. The van der Waals surface area contributed by atoms with E-state index in [-0.39, 0.29) is 17.9 Å². The van der Waals surface area contributed by atoms with Crippen LogP contribution in [0.4, 0.5) is 0 Å². The molecule has 0 aliphatic rings. The average molecular weight is 413 g/mol. The summed E-state index contributed by atoms with van der Waals surface area (Å²) in [5.41, 5.74) is 0.786. The molecule has 0 amide bonds. The van der Waals surface area contributed by atoms with Crippen LogP contribution in [0.5, 0.6) is 0 Å². The van der Waals surface area contributed by atoms with E-state index in [1.54, 1.807) is 6.07 Å². The van der Waals surface area contributed by atoms with E-state index in [0.29, 0.717) is 35.7 Å². The van der Waals surface area contributed by atoms with Crippen LogP contribution in [0.1, 0.15) is 32.9 Å². The second-order valence-corrected chi connectivity index (χ2v) is 8.56. The monoisotopic (exact) mass is 412 g/mol. The quantitative estimate of drug-likeness (QED) is 0.431. The van der Waals surface area contributed by atoms with Crippen LogP contribution in [0.2, 0.25) is 0 Å². The van der Waals surface area contributed by atoms with Crippen LogP contribution in [0.15, 0.2) is 47.3 Å². The third-order valence-corrected chi connectivity index (χ3v) is 5.00. The summed E-state index contributed by atoms with van der Waals surface area (Å²) in [5, 5.41) is 1.22. The molecule has 152 valence electrons. The van der Waals surface area contributed by atoms with Crippen LogP contribution in [-0.2, 0) is 20.7 Å². The number of pyridine rings is 1. The van der Waals surface area contributed by atoms with Gasteiger partial charge in [0.05, 0.1) is 30.7 Å². The van der Waals surface area contributed by atoms with Gasteiger partial charge in [-0.25, -0.2) is 0 Å². The predicted octanol–water partition coefficient (Wildman–Crippen LogP) is 4.01. The van der Waals surface area contributed by atoms with Crippen molar-refractivity contribution in [1.29, 1.82) is 0 Å². The first-order valence-electron chi connectivity index (χ1n) is 9.47. The van der Waals surface area contributed by atoms with Gasteiger partial charge in [0.2, 0.25) is 0 Å². The molecule has 2 aromatic heterocycles. The molecule has 0 saturated heterocycles. The molecule has 2 heterocycles. The molecule has 7 heteroatoms. The molecule has 0 aliphatic heterocycles. The van der Waals surface area contributed by atoms with Crippen LogP contribution in [-0.4, -0.2) is 34.8 Å². The Labute approximate surface area is 173 Å². The van der Waals surface area contributed by atoms with Crippen molar-refractivity contribution in [3.63, 3.8) is 0 Å². The molecule has 0 radical (unpaired) electrons. The SMILES string of the molecule is CC(C)(C)OC(=O)CCOCCc1cccc(-c2nc(=O)c3ccccc3s2)n1. The van der Waals surface area contributed by atoms with Crippen molar-refractivity contribution >= 4 is 27.4 Å². The summed E-state index contributed by atoms with van der Waals surface area (Å²) in [7, 11) is 0. The van der Waals surface area contributed by atoms with Crippen molar-refractivity contribution in [3.05, 3.63) is 58.5 Å². The number of aromatic nitrogens is 2. The van der Waals surface area contributed by atoms with Crippen molar-refractivity contribution < 1.29 is 14.3 Å². The molecule has 0 unspecified atom stereocenters. The lowest BCUT2D eigenvalue weighted by Crippen LogP contribution is -2.24. The smallest absolute Gasteiger partial charge is 0.308 e. The van der Waals surface area contributed by atoms with E-state index in [2.05, 4.69) is 9.97 Å². The summed E-state index contributed by atoms with van der Waals surface area (Å²) in [5.74, 6) is -0.269. The lowest BCUT2D eigenvalue weighted by atomic mass is 10.2. The first-order valence-corrected chi connectivity index (χ1v) is 10.3. The van der Waals surface area contributed by atoms with Gasteiger partial charge in [0, 0.05) is 16.8 Å². The van der Waals surface area contributed by atoms with Gasteiger partial charge in [0.1, 0.15) is 10.6 Å². The standard InChI is InChI=1S/C22H24N2O4S/c1-22(2,3)28-19(25)12-14-27-13-11-15-7-6-9-17(23-15)21-24-20(26)16-8-4-5-10-18(16)29-21/h4-10H,11-14H2,1-3H3. The van der Waals surface area contributed by atoms with Crippen LogP contribution >= 0.6 is 11.3 Å². The van der Waals surface area contributed by atoms with Crippen molar-refractivity contribution in [2.75, 3.05) is 13.2 Å². The van der Waals surface area contributed by atoms with Crippen molar-refractivity contribution in [2.24, 2.45) is 0 Å². The summed E-state index contributed by atoms with van der Waals surface area (Å²) >= 11 is 1.45. The largest absolute Gasteiger partial charge is 0.460 e. The van der Waals surface area contributed by atoms with E-state index in [9.17, 15) is 9.59 Å². The summed E-state index contributed by atoms with van der Waals surface area (Å²) in [4.78, 5) is 32.7. The second kappa shape index (κ2) is 9.24. The number of nitrogens with zero attached hydrogens (tertiary/aromatic N) is 2. The van der Waals surface area contributed by atoms with Gasteiger partial charge in [0.15, 0.2) is 0 Å². The number of carbonyl (C=O) groups is 1. The zero-order valence-electron chi connectivity index (χ0n) is 16.8. The topological polar surface area (TPSA) is 78.4 Å². The van der Waals surface area contributed by atoms with E-state index in [1.807, 2.05) is 57.2 Å². The second-order valence-electron chi connectivity index (χ2n) is 7.53. The number of hydrogen-bond acceptors (Lipinski definition) is 7. The molecule has 0 atom stereocenters. The van der Waals surface area contributed by atoms with E-state index >= 15 is 0 Å². The lowest BCUT2D eigenvalue weighted by molar-refractivity contribution is -0.156. The summed E-state index contributed by atoms with van der Waals surface area (Å²) in [6.45, 7) is 6.27. The highest BCUT2D eigenvalue weighted by Crippen LogP contribution is 2.24.